The molecule has 0 saturated heterocycles. The monoisotopic (exact) mass is 393 g/mol. The molecule has 0 aliphatic carbocycles. The van der Waals surface area contributed by atoms with Crippen molar-refractivity contribution in [1.82, 2.24) is 0 Å². The quantitative estimate of drug-likeness (QED) is 0.179. The molecule has 0 heterocycles. The zero-order valence-corrected chi connectivity index (χ0v) is 17.1. The van der Waals surface area contributed by atoms with E-state index in [1.54, 1.807) is 6.92 Å². The number of benzene rings is 1. The third-order valence-electron chi connectivity index (χ3n) is 3.88. The van der Waals surface area contributed by atoms with Gasteiger partial charge in [-0.3, -0.25) is 10.1 Å². The van der Waals surface area contributed by atoms with Crippen LogP contribution in [0.1, 0.15) is 62.7 Å². The summed E-state index contributed by atoms with van der Waals surface area (Å²) < 4.78 is 5.48. The highest BCUT2D eigenvalue weighted by Gasteiger charge is 2.15. The zero-order valence-electron chi connectivity index (χ0n) is 17.1. The van der Waals surface area contributed by atoms with Gasteiger partial charge in [0.2, 0.25) is 0 Å². The van der Waals surface area contributed by atoms with Gasteiger partial charge in [-0.1, -0.05) is 50.2 Å². The normalized spacial score (nSPS) is 10.6. The maximum Gasteiger partial charge on any atom is 0.339 e. The first-order valence-electron chi connectivity index (χ1n) is 9.62. The molecule has 1 aromatic carbocycles. The predicted octanol–water partition coefficient (Wildman–Crippen LogP) is 5.62. The number of nitro groups is 1. The van der Waals surface area contributed by atoms with Gasteiger partial charge in [0.15, 0.2) is 6.10 Å². The maximum absolute atomic E-state index is 12.3. The second kappa shape index (κ2) is 13.0. The maximum atomic E-state index is 12.3. The van der Waals surface area contributed by atoms with Crippen LogP contribution in [0.3, 0.4) is 0 Å². The first-order valence-corrected chi connectivity index (χ1v) is 9.62. The third-order valence-corrected chi connectivity index (χ3v) is 3.88. The number of carbonyl (C=O) groups excluding carboxylic acids is 1. The highest BCUT2D eigenvalue weighted by molar-refractivity contribution is 5.89. The number of ether oxygens (including phenoxy) is 1. The molecule has 0 fully saturated rings. The van der Waals surface area contributed by atoms with E-state index in [1.807, 2.05) is 0 Å². The van der Waals surface area contributed by atoms with Crippen molar-refractivity contribution < 1.29 is 14.5 Å². The van der Waals surface area contributed by atoms with Crippen LogP contribution in [-0.2, 0) is 4.74 Å². The summed E-state index contributed by atoms with van der Waals surface area (Å²) in [6.07, 6.45) is 4.44. The average Bonchev–Trinajstić information content (AvgIpc) is 2.69. The minimum absolute atomic E-state index is 0.0840. The van der Waals surface area contributed by atoms with Gasteiger partial charge >= 0.3 is 5.97 Å². The summed E-state index contributed by atoms with van der Waals surface area (Å²) >= 11 is 0. The number of rotatable bonds is 9. The van der Waals surface area contributed by atoms with Crippen LogP contribution in [0.25, 0.3) is 0 Å². The van der Waals surface area contributed by atoms with E-state index in [0.29, 0.717) is 18.4 Å². The number of unbranched alkanes of at least 4 members (excludes halogenated alkanes) is 2. The van der Waals surface area contributed by atoms with Crippen molar-refractivity contribution in [3.63, 3.8) is 0 Å². The Labute approximate surface area is 173 Å². The van der Waals surface area contributed by atoms with Crippen molar-refractivity contribution in [3.8, 4) is 23.7 Å². The molecular weight excluding hydrogens is 366 g/mol. The van der Waals surface area contributed by atoms with Crippen molar-refractivity contribution in [2.24, 2.45) is 0 Å². The summed E-state index contributed by atoms with van der Waals surface area (Å²) in [4.78, 5) is 22.5. The van der Waals surface area contributed by atoms with Crippen LogP contribution in [0.5, 0.6) is 0 Å². The molecule has 0 amide bonds. The van der Waals surface area contributed by atoms with Gasteiger partial charge in [-0.05, 0) is 55.9 Å². The fourth-order valence-corrected chi connectivity index (χ4v) is 2.30. The Morgan fingerprint density at radius 3 is 2.48 bits per heavy atom. The van der Waals surface area contributed by atoms with Crippen LogP contribution in [0.2, 0.25) is 0 Å². The first kappa shape index (κ1) is 23.7. The molecule has 0 aliphatic heterocycles. The predicted molar refractivity (Wildman–Crippen MR) is 115 cm³/mol. The summed E-state index contributed by atoms with van der Waals surface area (Å²) in [5.74, 6) is 11.4. The van der Waals surface area contributed by atoms with Gasteiger partial charge in [0.1, 0.15) is 0 Å². The van der Waals surface area contributed by atoms with E-state index in [9.17, 15) is 14.9 Å². The average molecular weight is 393 g/mol. The number of non-ortho nitro benzene ring substituents is 1. The Bertz CT molecular complexity index is 860. The highest BCUT2D eigenvalue weighted by Crippen LogP contribution is 2.14. The van der Waals surface area contributed by atoms with Gasteiger partial charge in [-0.25, -0.2) is 4.79 Å². The van der Waals surface area contributed by atoms with Gasteiger partial charge < -0.3 is 4.74 Å². The molecule has 1 aromatic rings. The fraction of sp³-hybridized carbons (Fsp3) is 0.375. The standard InChI is InChI=1S/C24H27NO4/c1-5-6-10-20(4)11-8-7-9-12-23(18-13-19(2)3)29-24(26)21-14-16-22(17-15-21)25(27)28/h14-17,23H,2,4-7,9-10,12H2,1,3H3. The Morgan fingerprint density at radius 1 is 1.21 bits per heavy atom. The van der Waals surface area contributed by atoms with Crippen molar-refractivity contribution in [2.75, 3.05) is 0 Å². The van der Waals surface area contributed by atoms with Crippen LogP contribution in [-0.4, -0.2) is 17.0 Å². The third kappa shape index (κ3) is 9.98. The highest BCUT2D eigenvalue weighted by atomic mass is 16.6. The molecule has 0 aromatic heterocycles. The second-order valence-electron chi connectivity index (χ2n) is 6.65. The van der Waals surface area contributed by atoms with Crippen LogP contribution < -0.4 is 0 Å². The second-order valence-corrected chi connectivity index (χ2v) is 6.65. The summed E-state index contributed by atoms with van der Waals surface area (Å²) in [6.45, 7) is 11.6. The Balaban J connectivity index is 2.66. The summed E-state index contributed by atoms with van der Waals surface area (Å²) in [6, 6.07) is 5.28. The summed E-state index contributed by atoms with van der Waals surface area (Å²) in [5, 5.41) is 10.7. The number of nitro benzene ring substituents is 1. The minimum Gasteiger partial charge on any atom is -0.446 e. The topological polar surface area (TPSA) is 69.4 Å². The van der Waals surface area contributed by atoms with Crippen LogP contribution >= 0.6 is 0 Å². The van der Waals surface area contributed by atoms with Crippen molar-refractivity contribution >= 4 is 11.7 Å². The lowest BCUT2D eigenvalue weighted by Crippen LogP contribution is -2.17. The van der Waals surface area contributed by atoms with E-state index in [4.69, 9.17) is 4.74 Å². The molecule has 29 heavy (non-hydrogen) atoms. The Hall–Kier alpha value is -3.31. The number of hydrogen-bond acceptors (Lipinski definition) is 4. The Kier molecular flexibility index (Phi) is 10.6. The number of allylic oxidation sites excluding steroid dienone is 2. The molecule has 0 saturated carbocycles. The fourth-order valence-electron chi connectivity index (χ4n) is 2.30. The van der Waals surface area contributed by atoms with E-state index in [1.165, 1.54) is 24.3 Å². The molecule has 5 heteroatoms. The van der Waals surface area contributed by atoms with E-state index >= 15 is 0 Å². The molecule has 1 rings (SSSR count). The molecule has 0 spiro atoms. The molecule has 0 N–H and O–H groups in total. The lowest BCUT2D eigenvalue weighted by molar-refractivity contribution is -0.384. The Morgan fingerprint density at radius 2 is 1.90 bits per heavy atom. The van der Waals surface area contributed by atoms with Crippen molar-refractivity contribution in [1.29, 1.82) is 0 Å². The molecule has 152 valence electrons. The van der Waals surface area contributed by atoms with Crippen LogP contribution in [0, 0.1) is 33.8 Å². The van der Waals surface area contributed by atoms with Gasteiger partial charge in [0, 0.05) is 18.6 Å². The lowest BCUT2D eigenvalue weighted by atomic mass is 10.1. The SMILES string of the molecule is C=C(C)C#CC(CCCC#CC(=C)CCCC)OC(=O)c1ccc([N+](=O)[O-])cc1. The minimum atomic E-state index is -0.598. The number of esters is 1. The number of hydrogen-bond donors (Lipinski definition) is 0. The van der Waals surface area contributed by atoms with Crippen LogP contribution in [0.4, 0.5) is 5.69 Å². The summed E-state index contributed by atoms with van der Waals surface area (Å²) in [5.41, 5.74) is 1.77. The number of carbonyl (C=O) groups is 1. The zero-order chi connectivity index (χ0) is 21.6. The lowest BCUT2D eigenvalue weighted by Gasteiger charge is -2.12. The molecule has 0 aliphatic rings. The van der Waals surface area contributed by atoms with Crippen molar-refractivity contribution in [2.45, 2.75) is 58.5 Å². The number of nitrogens with zero attached hydrogens (tertiary/aromatic N) is 1. The molecule has 1 atom stereocenters. The summed E-state index contributed by atoms with van der Waals surface area (Å²) in [7, 11) is 0. The molecular formula is C24H27NO4. The van der Waals surface area contributed by atoms with Crippen molar-refractivity contribution in [3.05, 3.63) is 64.2 Å². The van der Waals surface area contributed by atoms with E-state index in [2.05, 4.69) is 43.8 Å². The van der Waals surface area contributed by atoms with E-state index in [-0.39, 0.29) is 11.3 Å². The van der Waals surface area contributed by atoms with E-state index in [0.717, 1.165) is 31.3 Å². The van der Waals surface area contributed by atoms with Gasteiger partial charge in [0.05, 0.1) is 10.5 Å². The molecule has 5 nitrogen and oxygen atoms in total. The van der Waals surface area contributed by atoms with E-state index < -0.39 is 17.0 Å². The van der Waals surface area contributed by atoms with Gasteiger partial charge in [-0.2, -0.15) is 0 Å². The van der Waals surface area contributed by atoms with Gasteiger partial charge in [-0.15, -0.1) is 0 Å². The smallest absolute Gasteiger partial charge is 0.339 e. The first-order chi connectivity index (χ1) is 13.8. The largest absolute Gasteiger partial charge is 0.446 e. The van der Waals surface area contributed by atoms with Gasteiger partial charge in [0.25, 0.3) is 5.69 Å². The van der Waals surface area contributed by atoms with Crippen LogP contribution in [0.15, 0.2) is 48.6 Å². The molecule has 0 radical (unpaired) electrons. The molecule has 0 bridgehead atoms. The molecule has 1 unspecified atom stereocenters.